The largest absolute Gasteiger partial charge is 0.490 e. The summed E-state index contributed by atoms with van der Waals surface area (Å²) >= 11 is 2.09. The molecule has 2 aliphatic rings. The van der Waals surface area contributed by atoms with Gasteiger partial charge in [-0.2, -0.15) is 11.8 Å². The number of rotatable bonds is 6. The number of thioether (sulfide) groups is 1. The van der Waals surface area contributed by atoms with Crippen LogP contribution >= 0.6 is 11.8 Å². The second kappa shape index (κ2) is 10.2. The first kappa shape index (κ1) is 20.3. The fourth-order valence-electron chi connectivity index (χ4n) is 4.19. The summed E-state index contributed by atoms with van der Waals surface area (Å²) in [5, 5.41) is 2.99. The van der Waals surface area contributed by atoms with E-state index in [-0.39, 0.29) is 12.0 Å². The first-order valence-corrected chi connectivity index (χ1v) is 11.8. The van der Waals surface area contributed by atoms with Crippen molar-refractivity contribution in [2.24, 2.45) is 0 Å². The number of piperidine rings is 1. The number of hydrogen-bond donors (Lipinski definition) is 1. The first-order chi connectivity index (χ1) is 14.3. The van der Waals surface area contributed by atoms with Crippen LogP contribution in [-0.2, 0) is 6.54 Å². The molecule has 2 aromatic rings. The molecule has 29 heavy (non-hydrogen) atoms. The second-order valence-electron chi connectivity index (χ2n) is 7.89. The third kappa shape index (κ3) is 5.77. The quantitative estimate of drug-likeness (QED) is 0.769. The molecule has 0 radical (unpaired) electrons. The molecule has 0 unspecified atom stereocenters. The van der Waals surface area contributed by atoms with E-state index in [1.54, 1.807) is 0 Å². The normalized spacial score (nSPS) is 19.0. The molecular formula is C24H30N2O2S. The molecule has 154 valence electrons. The van der Waals surface area contributed by atoms with E-state index < -0.39 is 0 Å². The highest BCUT2D eigenvalue weighted by molar-refractivity contribution is 7.99. The Hall–Kier alpha value is -1.98. The maximum absolute atomic E-state index is 12.5. The molecule has 0 saturated carbocycles. The molecular weight excluding hydrogens is 380 g/mol. The summed E-state index contributed by atoms with van der Waals surface area (Å²) < 4.78 is 6.23. The molecule has 4 nitrogen and oxygen atoms in total. The zero-order chi connectivity index (χ0) is 19.9. The Morgan fingerprint density at radius 1 is 1.00 bits per heavy atom. The summed E-state index contributed by atoms with van der Waals surface area (Å²) in [6.45, 7) is 2.78. The average molecular weight is 411 g/mol. The van der Waals surface area contributed by atoms with Crippen molar-refractivity contribution in [2.75, 3.05) is 24.6 Å². The predicted octanol–water partition coefficient (Wildman–Crippen LogP) is 4.36. The highest BCUT2D eigenvalue weighted by Crippen LogP contribution is 2.26. The highest BCUT2D eigenvalue weighted by Gasteiger charge is 2.27. The van der Waals surface area contributed by atoms with Gasteiger partial charge in [-0.05, 0) is 61.0 Å². The summed E-state index contributed by atoms with van der Waals surface area (Å²) in [4.78, 5) is 15.2. The molecule has 0 aromatic heterocycles. The van der Waals surface area contributed by atoms with Crippen LogP contribution < -0.4 is 10.1 Å². The molecule has 2 fully saturated rings. The molecule has 0 atom stereocenters. The zero-order valence-corrected chi connectivity index (χ0v) is 17.7. The fraction of sp³-hybridized carbons (Fsp3) is 0.458. The molecule has 2 aliphatic heterocycles. The topological polar surface area (TPSA) is 41.6 Å². The smallest absolute Gasteiger partial charge is 0.251 e. The molecule has 2 saturated heterocycles. The van der Waals surface area contributed by atoms with Crippen LogP contribution in [0.1, 0.15) is 41.6 Å². The Labute approximate surface area is 178 Å². The third-order valence-electron chi connectivity index (χ3n) is 5.88. The van der Waals surface area contributed by atoms with E-state index in [0.717, 1.165) is 43.3 Å². The maximum atomic E-state index is 12.5. The molecule has 2 heterocycles. The fourth-order valence-corrected chi connectivity index (χ4v) is 5.27. The van der Waals surface area contributed by atoms with E-state index in [9.17, 15) is 4.79 Å². The first-order valence-electron chi connectivity index (χ1n) is 10.7. The number of nitrogens with one attached hydrogen (secondary N) is 1. The number of nitrogens with zero attached hydrogens (tertiary/aromatic N) is 1. The van der Waals surface area contributed by atoms with Crippen molar-refractivity contribution in [3.63, 3.8) is 0 Å². The number of likely N-dealkylation sites (tertiary alicyclic amines) is 1. The van der Waals surface area contributed by atoms with Crippen LogP contribution in [0, 0.1) is 0 Å². The minimum atomic E-state index is -0.0655. The van der Waals surface area contributed by atoms with Gasteiger partial charge in [-0.15, -0.1) is 0 Å². The van der Waals surface area contributed by atoms with Gasteiger partial charge in [0.25, 0.3) is 5.91 Å². The van der Waals surface area contributed by atoms with Crippen LogP contribution in [0.4, 0.5) is 0 Å². The van der Waals surface area contributed by atoms with Gasteiger partial charge in [-0.25, -0.2) is 0 Å². The van der Waals surface area contributed by atoms with Crippen molar-refractivity contribution >= 4 is 17.7 Å². The Kier molecular flexibility index (Phi) is 7.12. The van der Waals surface area contributed by atoms with Crippen LogP contribution in [0.25, 0.3) is 0 Å². The minimum absolute atomic E-state index is 0.0655. The van der Waals surface area contributed by atoms with Crippen molar-refractivity contribution in [1.82, 2.24) is 10.2 Å². The zero-order valence-electron chi connectivity index (χ0n) is 16.9. The Morgan fingerprint density at radius 3 is 2.52 bits per heavy atom. The summed E-state index contributed by atoms with van der Waals surface area (Å²) in [5.41, 5.74) is 1.74. The predicted molar refractivity (Wildman–Crippen MR) is 120 cm³/mol. The summed E-state index contributed by atoms with van der Waals surface area (Å²) in [6.07, 6.45) is 5.03. The van der Waals surface area contributed by atoms with Gasteiger partial charge in [0.2, 0.25) is 0 Å². The van der Waals surface area contributed by atoms with E-state index >= 15 is 0 Å². The van der Waals surface area contributed by atoms with Crippen LogP contribution in [0.15, 0.2) is 54.6 Å². The van der Waals surface area contributed by atoms with Gasteiger partial charge in [0.1, 0.15) is 11.9 Å². The number of carbonyl (C=O) groups is 1. The van der Waals surface area contributed by atoms with Crippen molar-refractivity contribution in [1.29, 1.82) is 0 Å². The number of amides is 1. The molecule has 4 rings (SSSR count). The van der Waals surface area contributed by atoms with Gasteiger partial charge in [0.15, 0.2) is 0 Å². The minimum Gasteiger partial charge on any atom is -0.490 e. The van der Waals surface area contributed by atoms with E-state index in [2.05, 4.69) is 22.0 Å². The van der Waals surface area contributed by atoms with Crippen molar-refractivity contribution < 1.29 is 9.53 Å². The molecule has 0 aliphatic carbocycles. The average Bonchev–Trinajstić information content (AvgIpc) is 2.79. The summed E-state index contributed by atoms with van der Waals surface area (Å²) in [6, 6.07) is 18.3. The Morgan fingerprint density at radius 2 is 1.76 bits per heavy atom. The van der Waals surface area contributed by atoms with Crippen molar-refractivity contribution in [3.8, 4) is 5.75 Å². The SMILES string of the molecule is O=C(NCc1ccccc1)c1cccc(OC2CCN(C3CCSCC3)CC2)c1. The monoisotopic (exact) mass is 410 g/mol. The van der Waals surface area contributed by atoms with Crippen LogP contribution in [-0.4, -0.2) is 47.5 Å². The highest BCUT2D eigenvalue weighted by atomic mass is 32.2. The molecule has 5 heteroatoms. The van der Waals surface area contributed by atoms with Crippen LogP contribution in [0.5, 0.6) is 5.75 Å². The second-order valence-corrected chi connectivity index (χ2v) is 9.12. The molecule has 1 amide bonds. The standard InChI is InChI=1S/C24H30N2O2S/c27-24(25-18-19-5-2-1-3-6-19)20-7-4-8-23(17-20)28-22-9-13-26(14-10-22)21-11-15-29-16-12-21/h1-8,17,21-22H,9-16,18H2,(H,25,27). The van der Waals surface area contributed by atoms with E-state index in [4.69, 9.17) is 4.74 Å². The summed E-state index contributed by atoms with van der Waals surface area (Å²) in [5.74, 6) is 3.34. The van der Waals surface area contributed by atoms with Gasteiger partial charge >= 0.3 is 0 Å². The molecule has 0 spiro atoms. The lowest BCUT2D eigenvalue weighted by molar-refractivity contribution is 0.0723. The lowest BCUT2D eigenvalue weighted by atomic mass is 10.0. The van der Waals surface area contributed by atoms with Crippen molar-refractivity contribution in [2.45, 2.75) is 44.4 Å². The molecule has 1 N–H and O–H groups in total. The molecule has 2 aromatic carbocycles. The molecule has 0 bridgehead atoms. The van der Waals surface area contributed by atoms with Crippen LogP contribution in [0.3, 0.4) is 0 Å². The van der Waals surface area contributed by atoms with Crippen LogP contribution in [0.2, 0.25) is 0 Å². The Balaban J connectivity index is 1.27. The van der Waals surface area contributed by atoms with Gasteiger partial charge in [0, 0.05) is 31.2 Å². The van der Waals surface area contributed by atoms with Gasteiger partial charge in [-0.1, -0.05) is 36.4 Å². The van der Waals surface area contributed by atoms with E-state index in [1.165, 1.54) is 24.3 Å². The van der Waals surface area contributed by atoms with E-state index in [0.29, 0.717) is 12.1 Å². The number of hydrogen-bond acceptors (Lipinski definition) is 4. The maximum Gasteiger partial charge on any atom is 0.251 e. The number of ether oxygens (including phenoxy) is 1. The summed E-state index contributed by atoms with van der Waals surface area (Å²) in [7, 11) is 0. The van der Waals surface area contributed by atoms with E-state index in [1.807, 2.05) is 54.6 Å². The number of carbonyl (C=O) groups excluding carboxylic acids is 1. The Bertz CT molecular complexity index is 784. The van der Waals surface area contributed by atoms with Gasteiger partial charge < -0.3 is 15.0 Å². The number of benzene rings is 2. The third-order valence-corrected chi connectivity index (χ3v) is 6.93. The lowest BCUT2D eigenvalue weighted by Crippen LogP contribution is -2.45. The van der Waals surface area contributed by atoms with Gasteiger partial charge in [-0.3, -0.25) is 4.79 Å². The van der Waals surface area contributed by atoms with Crippen molar-refractivity contribution in [3.05, 3.63) is 65.7 Å². The lowest BCUT2D eigenvalue weighted by Gasteiger charge is -2.39. The van der Waals surface area contributed by atoms with Gasteiger partial charge in [0.05, 0.1) is 0 Å².